The molecule has 0 aliphatic heterocycles. The summed E-state index contributed by atoms with van der Waals surface area (Å²) in [7, 11) is 0. The van der Waals surface area contributed by atoms with Crippen molar-refractivity contribution >= 4 is 17.3 Å². The van der Waals surface area contributed by atoms with E-state index in [4.69, 9.17) is 4.74 Å². The zero-order valence-electron chi connectivity index (χ0n) is 14.8. The molecule has 0 amide bonds. The standard InChI is InChI=1S/C21H24N2O2/c1-3-16(2)17-9-11-18(12-10-17)25-14-6-13-23-20-8-5-4-7-19(20)22-21(23)15-24/h4-5,7-12,15-16H,3,6,13-14H2,1-2H3/t16-/m1/s1. The molecular weight excluding hydrogens is 312 g/mol. The Morgan fingerprint density at radius 2 is 1.92 bits per heavy atom. The number of hydrogen-bond donors (Lipinski definition) is 0. The van der Waals surface area contributed by atoms with Crippen LogP contribution in [0.5, 0.6) is 5.75 Å². The SMILES string of the molecule is CC[C@@H](C)c1ccc(OCCCn2c(C=O)nc3ccccc32)cc1. The van der Waals surface area contributed by atoms with Gasteiger partial charge in [-0.25, -0.2) is 4.98 Å². The number of fused-ring (bicyclic) bond motifs is 1. The van der Waals surface area contributed by atoms with Crippen LogP contribution in [-0.2, 0) is 6.54 Å². The number of carbonyl (C=O) groups excluding carboxylic acids is 1. The van der Waals surface area contributed by atoms with Crippen molar-refractivity contribution < 1.29 is 9.53 Å². The van der Waals surface area contributed by atoms with Crippen molar-refractivity contribution in [1.82, 2.24) is 9.55 Å². The fourth-order valence-corrected chi connectivity index (χ4v) is 2.96. The first kappa shape index (κ1) is 17.2. The van der Waals surface area contributed by atoms with Crippen LogP contribution in [-0.4, -0.2) is 22.4 Å². The second-order valence-corrected chi connectivity index (χ2v) is 6.31. The highest BCUT2D eigenvalue weighted by Crippen LogP contribution is 2.21. The number of carbonyl (C=O) groups is 1. The minimum absolute atomic E-state index is 0.471. The summed E-state index contributed by atoms with van der Waals surface area (Å²) < 4.78 is 7.79. The quantitative estimate of drug-likeness (QED) is 0.437. The lowest BCUT2D eigenvalue weighted by molar-refractivity contribution is 0.111. The van der Waals surface area contributed by atoms with E-state index in [1.54, 1.807) is 0 Å². The van der Waals surface area contributed by atoms with Crippen molar-refractivity contribution in [2.75, 3.05) is 6.61 Å². The van der Waals surface area contributed by atoms with Crippen LogP contribution < -0.4 is 4.74 Å². The van der Waals surface area contributed by atoms with Crippen LogP contribution >= 0.6 is 0 Å². The van der Waals surface area contributed by atoms with Crippen LogP contribution in [0.2, 0.25) is 0 Å². The molecule has 3 aromatic rings. The summed E-state index contributed by atoms with van der Waals surface area (Å²) in [6.45, 7) is 5.74. The van der Waals surface area contributed by atoms with Gasteiger partial charge in [-0.15, -0.1) is 0 Å². The fourth-order valence-electron chi connectivity index (χ4n) is 2.96. The van der Waals surface area contributed by atoms with E-state index in [0.717, 1.165) is 35.9 Å². The monoisotopic (exact) mass is 336 g/mol. The molecule has 0 spiro atoms. The molecule has 130 valence electrons. The Morgan fingerprint density at radius 3 is 2.64 bits per heavy atom. The molecule has 4 nitrogen and oxygen atoms in total. The van der Waals surface area contributed by atoms with Gasteiger partial charge in [-0.05, 0) is 48.6 Å². The lowest BCUT2D eigenvalue weighted by Crippen LogP contribution is -2.07. The summed E-state index contributed by atoms with van der Waals surface area (Å²) in [4.78, 5) is 15.6. The van der Waals surface area contributed by atoms with E-state index in [-0.39, 0.29) is 0 Å². The van der Waals surface area contributed by atoms with Crippen LogP contribution in [0.1, 0.15) is 48.8 Å². The second-order valence-electron chi connectivity index (χ2n) is 6.31. The average molecular weight is 336 g/mol. The summed E-state index contributed by atoms with van der Waals surface area (Å²) in [6.07, 6.45) is 2.76. The smallest absolute Gasteiger partial charge is 0.185 e. The molecule has 1 aromatic heterocycles. The van der Waals surface area contributed by atoms with E-state index in [1.807, 2.05) is 41.0 Å². The Balaban J connectivity index is 1.58. The number of para-hydroxylation sites is 2. The predicted molar refractivity (Wildman–Crippen MR) is 100 cm³/mol. The van der Waals surface area contributed by atoms with Crippen molar-refractivity contribution in [3.63, 3.8) is 0 Å². The van der Waals surface area contributed by atoms with Crippen molar-refractivity contribution in [2.45, 2.75) is 39.2 Å². The van der Waals surface area contributed by atoms with Crippen molar-refractivity contribution in [3.8, 4) is 5.75 Å². The number of rotatable bonds is 8. The Kier molecular flexibility index (Phi) is 5.49. The molecule has 1 heterocycles. The van der Waals surface area contributed by atoms with Gasteiger partial charge in [0.25, 0.3) is 0 Å². The maximum Gasteiger partial charge on any atom is 0.185 e. The predicted octanol–water partition coefficient (Wildman–Crippen LogP) is 4.83. The number of aryl methyl sites for hydroxylation is 1. The number of aromatic nitrogens is 2. The lowest BCUT2D eigenvalue weighted by Gasteiger charge is -2.11. The summed E-state index contributed by atoms with van der Waals surface area (Å²) >= 11 is 0. The number of aldehydes is 1. The molecule has 0 bridgehead atoms. The van der Waals surface area contributed by atoms with E-state index in [1.165, 1.54) is 5.56 Å². The minimum atomic E-state index is 0.471. The normalized spacial score (nSPS) is 12.2. The average Bonchev–Trinajstić information content (AvgIpc) is 3.03. The second kappa shape index (κ2) is 7.97. The maximum absolute atomic E-state index is 11.2. The van der Waals surface area contributed by atoms with Gasteiger partial charge in [0.05, 0.1) is 17.6 Å². The molecule has 0 aliphatic carbocycles. The highest BCUT2D eigenvalue weighted by molar-refractivity contribution is 5.82. The molecule has 0 saturated carbocycles. The first-order chi connectivity index (χ1) is 12.2. The summed E-state index contributed by atoms with van der Waals surface area (Å²) in [5, 5.41) is 0. The van der Waals surface area contributed by atoms with Gasteiger partial charge < -0.3 is 9.30 Å². The van der Waals surface area contributed by atoms with Gasteiger partial charge in [0.1, 0.15) is 5.75 Å². The summed E-state index contributed by atoms with van der Waals surface area (Å²) in [5.41, 5.74) is 3.18. The Morgan fingerprint density at radius 1 is 1.16 bits per heavy atom. The third kappa shape index (κ3) is 3.90. The van der Waals surface area contributed by atoms with Crippen LogP contribution in [0.3, 0.4) is 0 Å². The van der Waals surface area contributed by atoms with Crippen LogP contribution in [0.25, 0.3) is 11.0 Å². The molecule has 0 radical (unpaired) electrons. The Hall–Kier alpha value is -2.62. The third-order valence-electron chi connectivity index (χ3n) is 4.65. The highest BCUT2D eigenvalue weighted by Gasteiger charge is 2.09. The highest BCUT2D eigenvalue weighted by atomic mass is 16.5. The molecule has 25 heavy (non-hydrogen) atoms. The number of ether oxygens (including phenoxy) is 1. The van der Waals surface area contributed by atoms with E-state index in [0.29, 0.717) is 24.9 Å². The third-order valence-corrected chi connectivity index (χ3v) is 4.65. The molecule has 1 atom stereocenters. The lowest BCUT2D eigenvalue weighted by atomic mass is 9.99. The molecule has 4 heteroatoms. The first-order valence-corrected chi connectivity index (χ1v) is 8.86. The van der Waals surface area contributed by atoms with Gasteiger partial charge in [-0.2, -0.15) is 0 Å². The molecule has 0 saturated heterocycles. The van der Waals surface area contributed by atoms with Crippen molar-refractivity contribution in [3.05, 3.63) is 59.9 Å². The Labute approximate surface area is 148 Å². The largest absolute Gasteiger partial charge is 0.494 e. The van der Waals surface area contributed by atoms with Crippen LogP contribution in [0, 0.1) is 0 Å². The number of imidazole rings is 1. The molecule has 2 aromatic carbocycles. The fraction of sp³-hybridized carbons (Fsp3) is 0.333. The summed E-state index contributed by atoms with van der Waals surface area (Å²) in [6, 6.07) is 16.1. The molecule has 0 fully saturated rings. The minimum Gasteiger partial charge on any atom is -0.494 e. The maximum atomic E-state index is 11.2. The molecule has 0 aliphatic rings. The first-order valence-electron chi connectivity index (χ1n) is 8.86. The van der Waals surface area contributed by atoms with E-state index in [9.17, 15) is 4.79 Å². The summed E-state index contributed by atoms with van der Waals surface area (Å²) in [5.74, 6) is 1.93. The number of nitrogens with zero attached hydrogens (tertiary/aromatic N) is 2. The van der Waals surface area contributed by atoms with Gasteiger partial charge in [0.2, 0.25) is 0 Å². The van der Waals surface area contributed by atoms with Crippen molar-refractivity contribution in [2.24, 2.45) is 0 Å². The van der Waals surface area contributed by atoms with E-state index < -0.39 is 0 Å². The van der Waals surface area contributed by atoms with Crippen LogP contribution in [0.4, 0.5) is 0 Å². The zero-order chi connectivity index (χ0) is 17.6. The molecule has 0 unspecified atom stereocenters. The van der Waals surface area contributed by atoms with Crippen molar-refractivity contribution in [1.29, 1.82) is 0 Å². The van der Waals surface area contributed by atoms with Gasteiger partial charge >= 0.3 is 0 Å². The molecule has 3 rings (SSSR count). The van der Waals surface area contributed by atoms with E-state index >= 15 is 0 Å². The number of hydrogen-bond acceptors (Lipinski definition) is 3. The topological polar surface area (TPSA) is 44.1 Å². The van der Waals surface area contributed by atoms with E-state index in [2.05, 4.69) is 31.0 Å². The van der Waals surface area contributed by atoms with Gasteiger partial charge in [0, 0.05) is 6.54 Å². The van der Waals surface area contributed by atoms with Crippen LogP contribution in [0.15, 0.2) is 48.5 Å². The Bertz CT molecular complexity index is 837. The number of benzene rings is 2. The molecule has 0 N–H and O–H groups in total. The van der Waals surface area contributed by atoms with Gasteiger partial charge in [0.15, 0.2) is 12.1 Å². The van der Waals surface area contributed by atoms with Gasteiger partial charge in [-0.3, -0.25) is 4.79 Å². The van der Waals surface area contributed by atoms with Gasteiger partial charge in [-0.1, -0.05) is 38.1 Å². The molecular formula is C21H24N2O2. The zero-order valence-corrected chi connectivity index (χ0v) is 14.8.